The van der Waals surface area contributed by atoms with Crippen molar-refractivity contribution in [3.63, 3.8) is 0 Å². The largest absolute Gasteiger partial charge is 0.298 e. The molecule has 0 aliphatic heterocycles. The lowest BCUT2D eigenvalue weighted by Gasteiger charge is -2.10. The maximum atomic E-state index is 13.2. The smallest absolute Gasteiger partial charge is 0.234 e. The molecule has 0 atom stereocenters. The quantitative estimate of drug-likeness (QED) is 0.536. The summed E-state index contributed by atoms with van der Waals surface area (Å²) in [6.45, 7) is 0. The van der Waals surface area contributed by atoms with Crippen LogP contribution in [0.4, 0.5) is 4.39 Å². The van der Waals surface area contributed by atoms with Gasteiger partial charge < -0.3 is 0 Å². The number of aromatic nitrogens is 3. The topological polar surface area (TPSA) is 47.3 Å². The highest BCUT2D eigenvalue weighted by Gasteiger charge is 2.12. The van der Waals surface area contributed by atoms with E-state index in [0.717, 1.165) is 28.7 Å². The number of benzene rings is 2. The predicted octanol–water partition coefficient (Wildman–Crippen LogP) is 4.01. The number of hydrogen-bond acceptors (Lipinski definition) is 3. The first-order valence-corrected chi connectivity index (χ1v) is 7.40. The van der Waals surface area contributed by atoms with Gasteiger partial charge in [0.15, 0.2) is 0 Å². The van der Waals surface area contributed by atoms with Crippen LogP contribution in [0.3, 0.4) is 0 Å². The first-order valence-electron chi connectivity index (χ1n) is 7.40. The Morgan fingerprint density at radius 3 is 2.38 bits per heavy atom. The Labute approximate surface area is 137 Å². The summed E-state index contributed by atoms with van der Waals surface area (Å²) < 4.78 is 15.1. The van der Waals surface area contributed by atoms with Crippen molar-refractivity contribution in [2.75, 3.05) is 0 Å². The van der Waals surface area contributed by atoms with Crippen LogP contribution in [0.2, 0.25) is 0 Å². The van der Waals surface area contributed by atoms with E-state index in [4.69, 9.17) is 0 Å². The van der Waals surface area contributed by atoms with E-state index in [-0.39, 0.29) is 5.82 Å². The molecule has 4 rings (SSSR count). The number of carbonyl (C=O) groups excluding carboxylic acids is 1. The summed E-state index contributed by atoms with van der Waals surface area (Å²) in [6, 6.07) is 13.5. The Morgan fingerprint density at radius 1 is 0.958 bits per heavy atom. The van der Waals surface area contributed by atoms with Gasteiger partial charge in [-0.25, -0.2) is 14.4 Å². The van der Waals surface area contributed by atoms with Crippen molar-refractivity contribution < 1.29 is 9.18 Å². The zero-order chi connectivity index (χ0) is 16.5. The van der Waals surface area contributed by atoms with Crippen molar-refractivity contribution >= 4 is 12.1 Å². The van der Waals surface area contributed by atoms with Gasteiger partial charge in [-0.1, -0.05) is 36.4 Å². The van der Waals surface area contributed by atoms with Crippen molar-refractivity contribution in [1.29, 1.82) is 0 Å². The molecule has 2 heterocycles. The van der Waals surface area contributed by atoms with E-state index < -0.39 is 0 Å². The number of aldehydes is 1. The second-order valence-electron chi connectivity index (χ2n) is 5.38. The number of rotatable bonds is 3. The summed E-state index contributed by atoms with van der Waals surface area (Å²) >= 11 is 0. The number of fused-ring (bicyclic) bond motifs is 1. The van der Waals surface area contributed by atoms with Gasteiger partial charge in [-0.3, -0.25) is 9.20 Å². The number of imidazole rings is 1. The maximum absolute atomic E-state index is 13.2. The summed E-state index contributed by atoms with van der Waals surface area (Å²) in [5, 5.41) is 0. The fraction of sp³-hybridized carbons (Fsp3) is 0. The van der Waals surface area contributed by atoms with Crippen LogP contribution in [0, 0.1) is 5.82 Å². The molecule has 0 saturated heterocycles. The summed E-state index contributed by atoms with van der Waals surface area (Å²) in [5.74, 6) is 0.294. The molecule has 0 radical (unpaired) electrons. The van der Waals surface area contributed by atoms with Crippen molar-refractivity contribution in [3.05, 3.63) is 78.5 Å². The Balaban J connectivity index is 1.95. The molecule has 0 amide bonds. The van der Waals surface area contributed by atoms with Crippen LogP contribution < -0.4 is 0 Å². The SMILES string of the molecule is O=Cc1ccc(-c2nc3nccn3cc2-c2ccc(F)cc2)cc1. The van der Waals surface area contributed by atoms with E-state index in [1.54, 1.807) is 30.5 Å². The molecule has 4 nitrogen and oxygen atoms in total. The average Bonchev–Trinajstić information content (AvgIpc) is 3.09. The Kier molecular flexibility index (Phi) is 3.39. The van der Waals surface area contributed by atoms with E-state index in [1.165, 1.54) is 12.1 Å². The van der Waals surface area contributed by atoms with E-state index in [1.807, 2.05) is 28.9 Å². The molecule has 0 aliphatic carbocycles. The highest BCUT2D eigenvalue weighted by atomic mass is 19.1. The molecule has 116 valence electrons. The van der Waals surface area contributed by atoms with E-state index in [2.05, 4.69) is 9.97 Å². The van der Waals surface area contributed by atoms with Gasteiger partial charge in [0, 0.05) is 35.3 Å². The van der Waals surface area contributed by atoms with Crippen molar-refractivity contribution in [2.24, 2.45) is 0 Å². The first-order chi connectivity index (χ1) is 11.7. The lowest BCUT2D eigenvalue weighted by molar-refractivity contribution is 0.112. The normalized spacial score (nSPS) is 10.9. The summed E-state index contributed by atoms with van der Waals surface area (Å²) in [5.41, 5.74) is 3.92. The van der Waals surface area contributed by atoms with Crippen LogP contribution in [0.5, 0.6) is 0 Å². The first kappa shape index (κ1) is 14.3. The number of hydrogen-bond donors (Lipinski definition) is 0. The molecule has 2 aromatic carbocycles. The molecule has 4 aromatic rings. The lowest BCUT2D eigenvalue weighted by Crippen LogP contribution is -1.96. The molecule has 0 fully saturated rings. The minimum Gasteiger partial charge on any atom is -0.298 e. The van der Waals surface area contributed by atoms with Crippen molar-refractivity contribution in [3.8, 4) is 22.4 Å². The fourth-order valence-electron chi connectivity index (χ4n) is 2.63. The third kappa shape index (κ3) is 2.46. The fourth-order valence-corrected chi connectivity index (χ4v) is 2.63. The maximum Gasteiger partial charge on any atom is 0.234 e. The second kappa shape index (κ2) is 5.70. The second-order valence-corrected chi connectivity index (χ2v) is 5.38. The minimum absolute atomic E-state index is 0.285. The van der Waals surface area contributed by atoms with Gasteiger partial charge in [0.05, 0.1) is 5.69 Å². The molecule has 0 bridgehead atoms. The van der Waals surface area contributed by atoms with Crippen molar-refractivity contribution in [2.45, 2.75) is 0 Å². The van der Waals surface area contributed by atoms with Crippen LogP contribution in [0.1, 0.15) is 10.4 Å². The van der Waals surface area contributed by atoms with Gasteiger partial charge in [0.1, 0.15) is 12.1 Å². The summed E-state index contributed by atoms with van der Waals surface area (Å²) in [7, 11) is 0. The minimum atomic E-state index is -0.285. The average molecular weight is 317 g/mol. The van der Waals surface area contributed by atoms with Gasteiger partial charge in [-0.05, 0) is 17.7 Å². The Bertz CT molecular complexity index is 1020. The van der Waals surface area contributed by atoms with Crippen molar-refractivity contribution in [1.82, 2.24) is 14.4 Å². The number of carbonyl (C=O) groups is 1. The van der Waals surface area contributed by atoms with Gasteiger partial charge in [-0.2, -0.15) is 0 Å². The lowest BCUT2D eigenvalue weighted by atomic mass is 10.00. The monoisotopic (exact) mass is 317 g/mol. The zero-order valence-electron chi connectivity index (χ0n) is 12.6. The molecule has 0 aliphatic rings. The zero-order valence-corrected chi connectivity index (χ0v) is 12.6. The van der Waals surface area contributed by atoms with Gasteiger partial charge >= 0.3 is 0 Å². The Morgan fingerprint density at radius 2 is 1.67 bits per heavy atom. The van der Waals surface area contributed by atoms with Crippen LogP contribution in [-0.2, 0) is 0 Å². The molecule has 0 saturated carbocycles. The van der Waals surface area contributed by atoms with Crippen LogP contribution in [0.15, 0.2) is 67.1 Å². The summed E-state index contributed by atoms with van der Waals surface area (Å²) in [6.07, 6.45) is 6.21. The molecule has 0 N–H and O–H groups in total. The number of nitrogens with zero attached hydrogens (tertiary/aromatic N) is 3. The van der Waals surface area contributed by atoms with Gasteiger partial charge in [0.25, 0.3) is 0 Å². The van der Waals surface area contributed by atoms with Crippen LogP contribution in [-0.4, -0.2) is 20.7 Å². The molecule has 0 unspecified atom stereocenters. The standard InChI is InChI=1S/C19H12FN3O/c20-16-7-5-14(6-8-16)17-11-23-10-9-21-19(23)22-18(17)15-3-1-13(12-24)2-4-15/h1-12H. The van der Waals surface area contributed by atoms with Gasteiger partial charge in [0.2, 0.25) is 5.78 Å². The van der Waals surface area contributed by atoms with Crippen LogP contribution >= 0.6 is 0 Å². The third-order valence-corrected chi connectivity index (χ3v) is 3.86. The highest BCUT2D eigenvalue weighted by Crippen LogP contribution is 2.31. The van der Waals surface area contributed by atoms with E-state index in [9.17, 15) is 9.18 Å². The van der Waals surface area contributed by atoms with Gasteiger partial charge in [-0.15, -0.1) is 0 Å². The van der Waals surface area contributed by atoms with Crippen LogP contribution in [0.25, 0.3) is 28.2 Å². The molecule has 0 spiro atoms. The van der Waals surface area contributed by atoms with E-state index in [0.29, 0.717) is 11.3 Å². The summed E-state index contributed by atoms with van der Waals surface area (Å²) in [4.78, 5) is 19.7. The predicted molar refractivity (Wildman–Crippen MR) is 89.2 cm³/mol. The number of halogens is 1. The third-order valence-electron chi connectivity index (χ3n) is 3.86. The Hall–Kier alpha value is -3.34. The molecular formula is C19H12FN3O. The molecular weight excluding hydrogens is 305 g/mol. The highest BCUT2D eigenvalue weighted by molar-refractivity contribution is 5.83. The molecule has 2 aromatic heterocycles. The molecule has 24 heavy (non-hydrogen) atoms. The molecule has 5 heteroatoms. The van der Waals surface area contributed by atoms with E-state index >= 15 is 0 Å².